The fourth-order valence-corrected chi connectivity index (χ4v) is 8.87. The van der Waals surface area contributed by atoms with Gasteiger partial charge in [0.05, 0.1) is 0 Å². The Morgan fingerprint density at radius 3 is 2.50 bits per heavy atom. The summed E-state index contributed by atoms with van der Waals surface area (Å²) in [4.78, 5) is 0. The maximum absolute atomic E-state index is 2.75. The van der Waals surface area contributed by atoms with E-state index >= 15 is 0 Å². The predicted molar refractivity (Wildman–Crippen MR) is 122 cm³/mol. The second-order valence-electron chi connectivity index (χ2n) is 12.6. The molecule has 4 rings (SSSR count). The molecule has 0 aromatic carbocycles. The minimum absolute atomic E-state index is 0.553. The van der Waals surface area contributed by atoms with Crippen molar-refractivity contribution in [3.05, 3.63) is 11.6 Å². The molecular formula is C28H48. The van der Waals surface area contributed by atoms with Crippen molar-refractivity contribution < 1.29 is 0 Å². The third-order valence-electron chi connectivity index (χ3n) is 10.6. The van der Waals surface area contributed by atoms with Gasteiger partial charge in [-0.05, 0) is 104 Å². The molecule has 0 saturated heterocycles. The highest BCUT2D eigenvalue weighted by molar-refractivity contribution is 5.25. The maximum Gasteiger partial charge on any atom is -0.00851 e. The lowest BCUT2D eigenvalue weighted by atomic mass is 9.46. The summed E-state index contributed by atoms with van der Waals surface area (Å²) in [5.41, 5.74) is 3.06. The minimum atomic E-state index is 0.553. The topological polar surface area (TPSA) is 0 Å². The van der Waals surface area contributed by atoms with E-state index in [1.54, 1.807) is 0 Å². The molecule has 0 bridgehead atoms. The van der Waals surface area contributed by atoms with Gasteiger partial charge in [0.2, 0.25) is 0 Å². The molecule has 0 heteroatoms. The molecule has 0 spiro atoms. The van der Waals surface area contributed by atoms with Crippen LogP contribution in [0, 0.1) is 52.3 Å². The Kier molecular flexibility index (Phi) is 5.83. The molecule has 8 atom stereocenters. The van der Waals surface area contributed by atoms with Gasteiger partial charge < -0.3 is 0 Å². The van der Waals surface area contributed by atoms with E-state index in [9.17, 15) is 0 Å². The molecule has 4 aliphatic rings. The van der Waals surface area contributed by atoms with Crippen molar-refractivity contribution in [3.8, 4) is 0 Å². The van der Waals surface area contributed by atoms with Crippen LogP contribution in [0.5, 0.6) is 0 Å². The number of fused-ring (bicyclic) bond motifs is 5. The first-order valence-corrected chi connectivity index (χ1v) is 12.9. The molecule has 3 saturated carbocycles. The highest BCUT2D eigenvalue weighted by atomic mass is 14.6. The second-order valence-corrected chi connectivity index (χ2v) is 12.6. The first-order chi connectivity index (χ1) is 13.3. The zero-order valence-corrected chi connectivity index (χ0v) is 19.9. The summed E-state index contributed by atoms with van der Waals surface area (Å²) in [6.45, 7) is 15.3. The lowest BCUT2D eigenvalue weighted by Crippen LogP contribution is -2.50. The quantitative estimate of drug-likeness (QED) is 0.416. The Morgan fingerprint density at radius 2 is 1.75 bits per heavy atom. The summed E-state index contributed by atoms with van der Waals surface area (Å²) in [5.74, 6) is 6.73. The van der Waals surface area contributed by atoms with Crippen molar-refractivity contribution in [1.82, 2.24) is 0 Å². The summed E-state index contributed by atoms with van der Waals surface area (Å²) in [5, 5.41) is 0. The van der Waals surface area contributed by atoms with E-state index in [2.05, 4.69) is 47.6 Å². The Balaban J connectivity index is 1.49. The summed E-state index contributed by atoms with van der Waals surface area (Å²) in [6, 6.07) is 0. The Morgan fingerprint density at radius 1 is 0.964 bits per heavy atom. The van der Waals surface area contributed by atoms with Gasteiger partial charge in [-0.2, -0.15) is 0 Å². The van der Waals surface area contributed by atoms with Crippen LogP contribution < -0.4 is 0 Å². The molecule has 3 fully saturated rings. The van der Waals surface area contributed by atoms with Gasteiger partial charge in [-0.1, -0.05) is 72.5 Å². The van der Waals surface area contributed by atoms with Gasteiger partial charge in [0.15, 0.2) is 0 Å². The normalized spacial score (nSPS) is 46.5. The average molecular weight is 385 g/mol. The summed E-state index contributed by atoms with van der Waals surface area (Å²) in [7, 11) is 0. The van der Waals surface area contributed by atoms with E-state index in [1.165, 1.54) is 70.6 Å². The lowest BCUT2D eigenvalue weighted by molar-refractivity contribution is -0.0523. The molecular weight excluding hydrogens is 336 g/mol. The SMILES string of the molecule is CC(C)CCCC(C)C1CCC2C3CC=C4C[C@H](C)CC[C@@]4(C)C3CC[C@@]12C. The summed E-state index contributed by atoms with van der Waals surface area (Å²) in [6.07, 6.45) is 19.0. The maximum atomic E-state index is 2.75. The molecule has 0 aromatic heterocycles. The molecule has 5 unspecified atom stereocenters. The van der Waals surface area contributed by atoms with Crippen molar-refractivity contribution in [1.29, 1.82) is 0 Å². The van der Waals surface area contributed by atoms with Crippen LogP contribution in [0.15, 0.2) is 11.6 Å². The largest absolute Gasteiger partial charge is 0.0845 e. The van der Waals surface area contributed by atoms with Crippen molar-refractivity contribution in [2.24, 2.45) is 52.3 Å². The second kappa shape index (κ2) is 7.77. The van der Waals surface area contributed by atoms with Gasteiger partial charge in [0.25, 0.3) is 0 Å². The van der Waals surface area contributed by atoms with Crippen LogP contribution in [-0.4, -0.2) is 0 Å². The van der Waals surface area contributed by atoms with E-state index in [4.69, 9.17) is 0 Å². The average Bonchev–Trinajstić information content (AvgIpc) is 2.99. The molecule has 0 N–H and O–H groups in total. The van der Waals surface area contributed by atoms with Gasteiger partial charge in [-0.15, -0.1) is 0 Å². The summed E-state index contributed by atoms with van der Waals surface area (Å²) < 4.78 is 0. The molecule has 4 aliphatic carbocycles. The first-order valence-electron chi connectivity index (χ1n) is 12.9. The fraction of sp³-hybridized carbons (Fsp3) is 0.929. The molecule has 0 nitrogen and oxygen atoms in total. The third kappa shape index (κ3) is 3.43. The lowest BCUT2D eigenvalue weighted by Gasteiger charge is -2.58. The van der Waals surface area contributed by atoms with Crippen LogP contribution in [-0.2, 0) is 0 Å². The molecule has 0 heterocycles. The van der Waals surface area contributed by atoms with Crippen molar-refractivity contribution >= 4 is 0 Å². The van der Waals surface area contributed by atoms with Crippen LogP contribution in [0.25, 0.3) is 0 Å². The van der Waals surface area contributed by atoms with E-state index in [0.717, 1.165) is 41.4 Å². The van der Waals surface area contributed by atoms with Gasteiger partial charge in [0, 0.05) is 0 Å². The van der Waals surface area contributed by atoms with E-state index in [1.807, 2.05) is 5.57 Å². The van der Waals surface area contributed by atoms with Crippen molar-refractivity contribution in [2.75, 3.05) is 0 Å². The number of allylic oxidation sites excluding steroid dienone is 2. The molecule has 0 amide bonds. The number of hydrogen-bond acceptors (Lipinski definition) is 0. The van der Waals surface area contributed by atoms with E-state index in [0.29, 0.717) is 10.8 Å². The van der Waals surface area contributed by atoms with Crippen LogP contribution in [0.3, 0.4) is 0 Å². The molecule has 0 aromatic rings. The molecule has 160 valence electrons. The van der Waals surface area contributed by atoms with Gasteiger partial charge in [-0.3, -0.25) is 0 Å². The molecule has 28 heavy (non-hydrogen) atoms. The van der Waals surface area contributed by atoms with Gasteiger partial charge in [0.1, 0.15) is 0 Å². The third-order valence-corrected chi connectivity index (χ3v) is 10.6. The van der Waals surface area contributed by atoms with E-state index < -0.39 is 0 Å². The predicted octanol–water partition coefficient (Wildman–Crippen LogP) is 8.66. The van der Waals surface area contributed by atoms with Gasteiger partial charge >= 0.3 is 0 Å². The van der Waals surface area contributed by atoms with Gasteiger partial charge in [-0.25, -0.2) is 0 Å². The van der Waals surface area contributed by atoms with E-state index in [-0.39, 0.29) is 0 Å². The Bertz CT molecular complexity index is 585. The van der Waals surface area contributed by atoms with Crippen LogP contribution in [0.1, 0.15) is 112 Å². The minimum Gasteiger partial charge on any atom is -0.0845 e. The van der Waals surface area contributed by atoms with Crippen LogP contribution in [0.4, 0.5) is 0 Å². The zero-order valence-electron chi connectivity index (χ0n) is 19.9. The highest BCUT2D eigenvalue weighted by Gasteiger charge is 2.58. The van der Waals surface area contributed by atoms with Crippen molar-refractivity contribution in [3.63, 3.8) is 0 Å². The molecule has 0 radical (unpaired) electrons. The zero-order chi connectivity index (χ0) is 20.1. The van der Waals surface area contributed by atoms with Crippen LogP contribution >= 0.6 is 0 Å². The highest BCUT2D eigenvalue weighted by Crippen LogP contribution is 2.67. The first kappa shape index (κ1) is 21.0. The smallest absolute Gasteiger partial charge is 0.00851 e. The monoisotopic (exact) mass is 384 g/mol. The van der Waals surface area contributed by atoms with Crippen LogP contribution in [0.2, 0.25) is 0 Å². The number of rotatable bonds is 5. The Hall–Kier alpha value is -0.260. The molecule has 0 aliphatic heterocycles. The number of hydrogen-bond donors (Lipinski definition) is 0. The van der Waals surface area contributed by atoms with Crippen molar-refractivity contribution in [2.45, 2.75) is 112 Å². The standard InChI is InChI=1S/C28H48/c1-19(2)8-7-9-21(4)24-12-13-25-23-11-10-22-18-20(3)14-16-27(22,5)26(23)15-17-28(24,25)6/h10,19-21,23-26H,7-9,11-18H2,1-6H3/t20-,21?,23?,24?,25?,26?,27-,28+/m1/s1. The summed E-state index contributed by atoms with van der Waals surface area (Å²) >= 11 is 0. The fourth-order valence-electron chi connectivity index (χ4n) is 8.87. The Labute approximate surface area is 176 Å².